The number of likely N-dealkylation sites (tertiary alicyclic amines) is 1. The molecular formula is C20H31N3O4. The molecule has 7 nitrogen and oxygen atoms in total. The second-order valence-electron chi connectivity index (χ2n) is 9.38. The van der Waals surface area contributed by atoms with Gasteiger partial charge in [0.1, 0.15) is 11.6 Å². The molecule has 3 aliphatic heterocycles. The first-order chi connectivity index (χ1) is 13.0. The third-order valence-electron chi connectivity index (χ3n) is 6.90. The number of hydroxylamine groups is 2. The fourth-order valence-corrected chi connectivity index (χ4v) is 4.77. The van der Waals surface area contributed by atoms with Gasteiger partial charge in [-0.1, -0.05) is 6.92 Å². The number of carbonyl (C=O) groups is 2. The number of ether oxygens (including phenoxy) is 1. The highest BCUT2D eigenvalue weighted by atomic mass is 16.7. The summed E-state index contributed by atoms with van der Waals surface area (Å²) in [6, 6.07) is -0.248. The van der Waals surface area contributed by atoms with Gasteiger partial charge in [-0.2, -0.15) is 0 Å². The molecular weight excluding hydrogens is 346 g/mol. The van der Waals surface area contributed by atoms with Gasteiger partial charge in [-0.25, -0.2) is 5.06 Å². The standard InChI is InChI=1S/C20H31N3O4/c1-14-8-16(14)18(24)22-12-20(13-22)11-21(9-15-4-5-15)17(10-26-20)19(25)23-6-2-3-7-27-23/h14-17H,2-13H2,1H3/t14-,16+,17+/m1/s1. The lowest BCUT2D eigenvalue weighted by molar-refractivity contribution is -0.226. The van der Waals surface area contributed by atoms with Crippen LogP contribution in [0.15, 0.2) is 0 Å². The zero-order chi connectivity index (χ0) is 18.6. The minimum Gasteiger partial charge on any atom is -0.368 e. The van der Waals surface area contributed by atoms with Crippen LogP contribution >= 0.6 is 0 Å². The highest BCUT2D eigenvalue weighted by Gasteiger charge is 2.55. The predicted molar refractivity (Wildman–Crippen MR) is 97.5 cm³/mol. The van der Waals surface area contributed by atoms with Crippen LogP contribution < -0.4 is 0 Å². The molecule has 3 saturated heterocycles. The molecule has 0 aromatic carbocycles. The van der Waals surface area contributed by atoms with E-state index in [2.05, 4.69) is 11.8 Å². The Morgan fingerprint density at radius 2 is 1.89 bits per heavy atom. The van der Waals surface area contributed by atoms with Gasteiger partial charge in [0.05, 0.1) is 26.3 Å². The first-order valence-electron chi connectivity index (χ1n) is 10.7. The number of carbonyl (C=O) groups excluding carboxylic acids is 2. The van der Waals surface area contributed by atoms with Crippen LogP contribution in [-0.4, -0.2) is 84.3 Å². The molecule has 0 aromatic heterocycles. The summed E-state index contributed by atoms with van der Waals surface area (Å²) in [5.41, 5.74) is -0.276. The summed E-state index contributed by atoms with van der Waals surface area (Å²) < 4.78 is 6.23. The molecule has 150 valence electrons. The Morgan fingerprint density at radius 3 is 2.52 bits per heavy atom. The molecule has 27 heavy (non-hydrogen) atoms. The number of hydrogen-bond donors (Lipinski definition) is 0. The largest absolute Gasteiger partial charge is 0.368 e. The van der Waals surface area contributed by atoms with E-state index in [1.165, 1.54) is 12.8 Å². The molecule has 0 bridgehead atoms. The second-order valence-corrected chi connectivity index (χ2v) is 9.38. The fourth-order valence-electron chi connectivity index (χ4n) is 4.77. The van der Waals surface area contributed by atoms with Gasteiger partial charge in [0.2, 0.25) is 5.91 Å². The topological polar surface area (TPSA) is 62.3 Å². The maximum Gasteiger partial charge on any atom is 0.265 e. The minimum atomic E-state index is -0.276. The molecule has 0 radical (unpaired) electrons. The SMILES string of the molecule is C[C@@H]1C[C@@H]1C(=O)N1CC2(C1)CN(CC1CC1)[C@H](C(=O)N1CCCCO1)CO2. The number of rotatable bonds is 4. The van der Waals surface area contributed by atoms with E-state index in [9.17, 15) is 9.59 Å². The molecule has 2 aliphatic carbocycles. The zero-order valence-electron chi connectivity index (χ0n) is 16.3. The highest BCUT2D eigenvalue weighted by molar-refractivity contribution is 5.83. The Bertz CT molecular complexity index is 610. The van der Waals surface area contributed by atoms with Crippen molar-refractivity contribution in [2.75, 3.05) is 45.9 Å². The number of nitrogens with zero attached hydrogens (tertiary/aromatic N) is 3. The molecule has 0 N–H and O–H groups in total. The summed E-state index contributed by atoms with van der Waals surface area (Å²) in [7, 11) is 0. The smallest absolute Gasteiger partial charge is 0.265 e. The molecule has 1 spiro atoms. The van der Waals surface area contributed by atoms with Crippen molar-refractivity contribution < 1.29 is 19.2 Å². The normalized spacial score (nSPS) is 35.8. The molecule has 5 rings (SSSR count). The zero-order valence-corrected chi connectivity index (χ0v) is 16.3. The van der Waals surface area contributed by atoms with Crippen LogP contribution in [0.1, 0.15) is 39.0 Å². The van der Waals surface area contributed by atoms with Gasteiger partial charge < -0.3 is 9.64 Å². The van der Waals surface area contributed by atoms with Gasteiger partial charge in [-0.3, -0.25) is 19.3 Å². The van der Waals surface area contributed by atoms with Gasteiger partial charge in [-0.05, 0) is 43.9 Å². The van der Waals surface area contributed by atoms with E-state index in [1.54, 1.807) is 5.06 Å². The first kappa shape index (κ1) is 17.9. The first-order valence-corrected chi connectivity index (χ1v) is 10.7. The average Bonchev–Trinajstić information content (AvgIpc) is 3.58. The Labute approximate surface area is 160 Å². The quantitative estimate of drug-likeness (QED) is 0.728. The molecule has 3 heterocycles. The maximum absolute atomic E-state index is 13.0. The number of hydrogen-bond acceptors (Lipinski definition) is 5. The van der Waals surface area contributed by atoms with Crippen LogP contribution in [0.4, 0.5) is 0 Å². The predicted octanol–water partition coefficient (Wildman–Crippen LogP) is 0.888. The second kappa shape index (κ2) is 6.71. The van der Waals surface area contributed by atoms with Crippen molar-refractivity contribution in [2.45, 2.75) is 50.7 Å². The number of amides is 2. The summed E-state index contributed by atoms with van der Waals surface area (Å²) in [5.74, 6) is 1.83. The molecule has 3 atom stereocenters. The maximum atomic E-state index is 13.0. The van der Waals surface area contributed by atoms with Crippen LogP contribution in [-0.2, 0) is 19.2 Å². The van der Waals surface area contributed by atoms with Gasteiger partial charge in [-0.15, -0.1) is 0 Å². The van der Waals surface area contributed by atoms with Crippen molar-refractivity contribution in [2.24, 2.45) is 17.8 Å². The summed E-state index contributed by atoms with van der Waals surface area (Å²) in [6.07, 6.45) is 5.57. The Hall–Kier alpha value is -1.18. The summed E-state index contributed by atoms with van der Waals surface area (Å²) in [4.78, 5) is 35.3. The Kier molecular flexibility index (Phi) is 4.44. The van der Waals surface area contributed by atoms with E-state index in [4.69, 9.17) is 9.57 Å². The summed E-state index contributed by atoms with van der Waals surface area (Å²) in [5, 5.41) is 1.56. The molecule has 0 unspecified atom stereocenters. The van der Waals surface area contributed by atoms with E-state index in [0.29, 0.717) is 50.6 Å². The molecule has 2 saturated carbocycles. The van der Waals surface area contributed by atoms with Crippen LogP contribution in [0.25, 0.3) is 0 Å². The molecule has 5 fully saturated rings. The molecule has 5 aliphatic rings. The number of morpholine rings is 1. The van der Waals surface area contributed by atoms with Gasteiger partial charge in [0.25, 0.3) is 5.91 Å². The van der Waals surface area contributed by atoms with Crippen molar-refractivity contribution in [3.05, 3.63) is 0 Å². The van der Waals surface area contributed by atoms with E-state index in [1.807, 2.05) is 4.90 Å². The highest BCUT2D eigenvalue weighted by Crippen LogP contribution is 2.42. The third kappa shape index (κ3) is 3.49. The monoisotopic (exact) mass is 377 g/mol. The average molecular weight is 377 g/mol. The molecule has 2 amide bonds. The van der Waals surface area contributed by atoms with E-state index < -0.39 is 0 Å². The summed E-state index contributed by atoms with van der Waals surface area (Å²) in [6.45, 7) is 6.93. The fraction of sp³-hybridized carbons (Fsp3) is 0.900. The Morgan fingerprint density at radius 1 is 1.11 bits per heavy atom. The van der Waals surface area contributed by atoms with Crippen LogP contribution in [0, 0.1) is 17.8 Å². The van der Waals surface area contributed by atoms with E-state index in [-0.39, 0.29) is 23.5 Å². The van der Waals surface area contributed by atoms with E-state index in [0.717, 1.165) is 32.4 Å². The summed E-state index contributed by atoms with van der Waals surface area (Å²) >= 11 is 0. The Balaban J connectivity index is 1.22. The van der Waals surface area contributed by atoms with Crippen LogP contribution in [0.3, 0.4) is 0 Å². The minimum absolute atomic E-state index is 0.0456. The van der Waals surface area contributed by atoms with Crippen LogP contribution in [0.2, 0.25) is 0 Å². The van der Waals surface area contributed by atoms with Crippen molar-refractivity contribution >= 4 is 11.8 Å². The molecule has 0 aromatic rings. The lowest BCUT2D eigenvalue weighted by Gasteiger charge is -2.55. The van der Waals surface area contributed by atoms with Crippen molar-refractivity contribution in [1.82, 2.24) is 14.9 Å². The van der Waals surface area contributed by atoms with Crippen molar-refractivity contribution in [1.29, 1.82) is 0 Å². The van der Waals surface area contributed by atoms with Gasteiger partial charge >= 0.3 is 0 Å². The van der Waals surface area contributed by atoms with Crippen molar-refractivity contribution in [3.8, 4) is 0 Å². The van der Waals surface area contributed by atoms with Crippen LogP contribution in [0.5, 0.6) is 0 Å². The third-order valence-corrected chi connectivity index (χ3v) is 6.90. The van der Waals surface area contributed by atoms with Crippen molar-refractivity contribution in [3.63, 3.8) is 0 Å². The van der Waals surface area contributed by atoms with E-state index >= 15 is 0 Å². The molecule has 7 heteroatoms. The van der Waals surface area contributed by atoms with Gasteiger partial charge in [0, 0.05) is 25.6 Å². The lowest BCUT2D eigenvalue weighted by Crippen LogP contribution is -2.74. The lowest BCUT2D eigenvalue weighted by atomic mass is 9.89. The van der Waals surface area contributed by atoms with Gasteiger partial charge in [0.15, 0.2) is 0 Å².